The maximum absolute atomic E-state index is 12.4. The van der Waals surface area contributed by atoms with Crippen LogP contribution in [0, 0.1) is 0 Å². The van der Waals surface area contributed by atoms with E-state index in [4.69, 9.17) is 4.74 Å². The Morgan fingerprint density at radius 3 is 2.52 bits per heavy atom. The summed E-state index contributed by atoms with van der Waals surface area (Å²) in [6.07, 6.45) is 0.726. The summed E-state index contributed by atoms with van der Waals surface area (Å²) in [5, 5.41) is 4.32. The van der Waals surface area contributed by atoms with Gasteiger partial charge in [-0.3, -0.25) is 9.48 Å². The lowest BCUT2D eigenvalue weighted by Crippen LogP contribution is -2.20. The summed E-state index contributed by atoms with van der Waals surface area (Å²) in [6.45, 7) is 4.12. The Labute approximate surface area is 132 Å². The van der Waals surface area contributed by atoms with Crippen LogP contribution in [0.15, 0.2) is 28.7 Å². The second-order valence-corrected chi connectivity index (χ2v) is 5.52. The van der Waals surface area contributed by atoms with E-state index in [1.54, 1.807) is 18.7 Å². The lowest BCUT2D eigenvalue weighted by molar-refractivity contribution is -0.144. The Morgan fingerprint density at radius 2 is 2.00 bits per heavy atom. The first-order valence-electron chi connectivity index (χ1n) is 6.88. The molecule has 0 aliphatic carbocycles. The Hall–Kier alpha value is -1.69. The van der Waals surface area contributed by atoms with Crippen LogP contribution in [-0.2, 0) is 23.0 Å². The van der Waals surface area contributed by atoms with E-state index in [0.717, 1.165) is 22.3 Å². The van der Waals surface area contributed by atoms with Gasteiger partial charge in [0, 0.05) is 17.9 Å². The van der Waals surface area contributed by atoms with Crippen LogP contribution in [0.1, 0.15) is 37.0 Å². The molecule has 0 amide bonds. The highest BCUT2D eigenvalue weighted by atomic mass is 79.9. The molecule has 0 bridgehead atoms. The van der Waals surface area contributed by atoms with Gasteiger partial charge in [-0.25, -0.2) is 4.98 Å². The Kier molecular flexibility index (Phi) is 5.12. The Morgan fingerprint density at radius 1 is 1.33 bits per heavy atom. The van der Waals surface area contributed by atoms with Crippen LogP contribution in [0.4, 0.5) is 0 Å². The predicted octanol–water partition coefficient (Wildman–Crippen LogP) is 2.84. The van der Waals surface area contributed by atoms with Crippen LogP contribution in [0.5, 0.6) is 0 Å². The van der Waals surface area contributed by atoms with Crippen LogP contribution >= 0.6 is 15.9 Å². The number of hydrogen-bond donors (Lipinski definition) is 0. The number of hydrogen-bond acceptors (Lipinski definition) is 4. The SMILES string of the molecule is CCOC(=O)C(c1ccc(Br)cc1)c1nc(CC)nn1C. The molecule has 2 aromatic rings. The molecule has 0 fully saturated rings. The first kappa shape index (κ1) is 15.7. The summed E-state index contributed by atoms with van der Waals surface area (Å²) in [7, 11) is 1.80. The van der Waals surface area contributed by atoms with Gasteiger partial charge in [0.05, 0.1) is 6.61 Å². The number of ether oxygens (including phenoxy) is 1. The van der Waals surface area contributed by atoms with Gasteiger partial charge in [-0.05, 0) is 24.6 Å². The molecule has 112 valence electrons. The summed E-state index contributed by atoms with van der Waals surface area (Å²) in [6, 6.07) is 7.59. The second kappa shape index (κ2) is 6.85. The van der Waals surface area contributed by atoms with E-state index in [-0.39, 0.29) is 5.97 Å². The predicted molar refractivity (Wildman–Crippen MR) is 83.0 cm³/mol. The van der Waals surface area contributed by atoms with Crippen molar-refractivity contribution < 1.29 is 9.53 Å². The van der Waals surface area contributed by atoms with Crippen molar-refractivity contribution in [2.24, 2.45) is 7.05 Å². The Bertz CT molecular complexity index is 622. The van der Waals surface area contributed by atoms with Gasteiger partial charge in [-0.15, -0.1) is 0 Å². The van der Waals surface area contributed by atoms with Gasteiger partial charge >= 0.3 is 5.97 Å². The third-order valence-electron chi connectivity index (χ3n) is 3.14. The molecule has 1 unspecified atom stereocenters. The van der Waals surface area contributed by atoms with Gasteiger partial charge in [-0.1, -0.05) is 35.0 Å². The molecule has 0 aliphatic heterocycles. The van der Waals surface area contributed by atoms with Crippen molar-refractivity contribution in [2.45, 2.75) is 26.2 Å². The third-order valence-corrected chi connectivity index (χ3v) is 3.67. The van der Waals surface area contributed by atoms with Crippen LogP contribution in [0.3, 0.4) is 0 Å². The van der Waals surface area contributed by atoms with Crippen LogP contribution in [-0.4, -0.2) is 27.3 Å². The van der Waals surface area contributed by atoms with E-state index in [9.17, 15) is 4.79 Å². The molecule has 0 saturated heterocycles. The maximum Gasteiger partial charge on any atom is 0.321 e. The van der Waals surface area contributed by atoms with E-state index in [0.29, 0.717) is 12.4 Å². The molecule has 0 N–H and O–H groups in total. The number of carbonyl (C=O) groups excluding carboxylic acids is 1. The molecule has 1 aromatic heterocycles. The van der Waals surface area contributed by atoms with Gasteiger partial charge in [0.25, 0.3) is 0 Å². The molecule has 1 heterocycles. The number of aromatic nitrogens is 3. The third kappa shape index (κ3) is 3.50. The molecule has 6 heteroatoms. The summed E-state index contributed by atoms with van der Waals surface area (Å²) in [4.78, 5) is 16.8. The fraction of sp³-hybridized carbons (Fsp3) is 0.400. The molecular formula is C15H18BrN3O2. The first-order valence-corrected chi connectivity index (χ1v) is 7.68. The number of nitrogens with zero attached hydrogens (tertiary/aromatic N) is 3. The highest BCUT2D eigenvalue weighted by Gasteiger charge is 2.29. The van der Waals surface area contributed by atoms with Crippen molar-refractivity contribution in [3.05, 3.63) is 46.0 Å². The normalized spacial score (nSPS) is 12.2. The van der Waals surface area contributed by atoms with Crippen molar-refractivity contribution in [3.8, 4) is 0 Å². The topological polar surface area (TPSA) is 57.0 Å². The van der Waals surface area contributed by atoms with Crippen molar-refractivity contribution in [1.82, 2.24) is 14.8 Å². The van der Waals surface area contributed by atoms with Gasteiger partial charge in [0.1, 0.15) is 11.7 Å². The van der Waals surface area contributed by atoms with Crippen molar-refractivity contribution in [3.63, 3.8) is 0 Å². The fourth-order valence-electron chi connectivity index (χ4n) is 2.12. The molecule has 1 atom stereocenters. The van der Waals surface area contributed by atoms with E-state index in [1.165, 1.54) is 0 Å². The summed E-state index contributed by atoms with van der Waals surface area (Å²) in [5.74, 6) is 0.459. The van der Waals surface area contributed by atoms with Crippen LogP contribution in [0.25, 0.3) is 0 Å². The van der Waals surface area contributed by atoms with E-state index in [1.807, 2.05) is 31.2 Å². The standard InChI is InChI=1S/C15H18BrN3O2/c1-4-12-17-14(19(3)18-12)13(15(20)21-5-2)10-6-8-11(16)9-7-10/h6-9,13H,4-5H2,1-3H3. The van der Waals surface area contributed by atoms with E-state index in [2.05, 4.69) is 26.0 Å². The van der Waals surface area contributed by atoms with Crippen molar-refractivity contribution in [1.29, 1.82) is 0 Å². The summed E-state index contributed by atoms with van der Waals surface area (Å²) < 4.78 is 7.82. The number of benzene rings is 1. The molecule has 0 spiro atoms. The number of esters is 1. The van der Waals surface area contributed by atoms with Crippen LogP contribution in [0.2, 0.25) is 0 Å². The second-order valence-electron chi connectivity index (χ2n) is 4.60. The van der Waals surface area contributed by atoms with Gasteiger partial charge in [-0.2, -0.15) is 5.10 Å². The minimum absolute atomic E-state index is 0.307. The number of halogens is 1. The maximum atomic E-state index is 12.4. The van der Waals surface area contributed by atoms with Gasteiger partial charge in [0.15, 0.2) is 5.82 Å². The smallest absolute Gasteiger partial charge is 0.321 e. The highest BCUT2D eigenvalue weighted by molar-refractivity contribution is 9.10. The van der Waals surface area contributed by atoms with Crippen LogP contribution < -0.4 is 0 Å². The molecule has 0 saturated carbocycles. The summed E-state index contributed by atoms with van der Waals surface area (Å²) >= 11 is 3.40. The Balaban J connectivity index is 2.47. The molecule has 5 nitrogen and oxygen atoms in total. The fourth-order valence-corrected chi connectivity index (χ4v) is 2.39. The van der Waals surface area contributed by atoms with E-state index >= 15 is 0 Å². The lowest BCUT2D eigenvalue weighted by atomic mass is 9.98. The first-order chi connectivity index (χ1) is 10.1. The molecule has 0 radical (unpaired) electrons. The zero-order chi connectivity index (χ0) is 15.4. The molecule has 2 rings (SSSR count). The molecule has 1 aromatic carbocycles. The number of aryl methyl sites for hydroxylation is 2. The quantitative estimate of drug-likeness (QED) is 0.777. The van der Waals surface area contributed by atoms with E-state index < -0.39 is 5.92 Å². The number of rotatable bonds is 5. The van der Waals surface area contributed by atoms with Gasteiger partial charge < -0.3 is 4.74 Å². The average molecular weight is 352 g/mol. The molecule has 21 heavy (non-hydrogen) atoms. The molecule has 0 aliphatic rings. The lowest BCUT2D eigenvalue weighted by Gasteiger charge is -2.15. The number of carbonyl (C=O) groups is 1. The minimum atomic E-state index is -0.559. The highest BCUT2D eigenvalue weighted by Crippen LogP contribution is 2.26. The zero-order valence-electron chi connectivity index (χ0n) is 12.3. The average Bonchev–Trinajstić information content (AvgIpc) is 2.83. The molecular weight excluding hydrogens is 334 g/mol. The minimum Gasteiger partial charge on any atom is -0.465 e. The van der Waals surface area contributed by atoms with Crippen molar-refractivity contribution >= 4 is 21.9 Å². The summed E-state index contributed by atoms with van der Waals surface area (Å²) in [5.41, 5.74) is 0.842. The monoisotopic (exact) mass is 351 g/mol. The largest absolute Gasteiger partial charge is 0.465 e. The van der Waals surface area contributed by atoms with Gasteiger partial charge in [0.2, 0.25) is 0 Å². The zero-order valence-corrected chi connectivity index (χ0v) is 13.9. The van der Waals surface area contributed by atoms with Crippen molar-refractivity contribution in [2.75, 3.05) is 6.61 Å².